The fourth-order valence-corrected chi connectivity index (χ4v) is 2.00. The Bertz CT molecular complexity index is 766. The Morgan fingerprint density at radius 2 is 2.00 bits per heavy atom. The minimum absolute atomic E-state index is 0.644. The maximum Gasteiger partial charge on any atom is 0.180 e. The molecule has 0 fully saturated rings. The average molecular weight is 249 g/mol. The number of fused-ring (bicyclic) bond motifs is 1. The van der Waals surface area contributed by atoms with Crippen LogP contribution in [-0.2, 0) is 0 Å². The van der Waals surface area contributed by atoms with Crippen molar-refractivity contribution in [2.24, 2.45) is 0 Å². The van der Waals surface area contributed by atoms with Crippen molar-refractivity contribution in [2.45, 2.75) is 0 Å². The summed E-state index contributed by atoms with van der Waals surface area (Å²) in [5.41, 5.74) is 3.26. The number of hydrogen-bond acceptors (Lipinski definition) is 3. The third-order valence-corrected chi connectivity index (χ3v) is 2.98. The van der Waals surface area contributed by atoms with Crippen LogP contribution in [0.2, 0.25) is 0 Å². The average Bonchev–Trinajstić information content (AvgIpc) is 2.91. The van der Waals surface area contributed by atoms with Gasteiger partial charge in [0.2, 0.25) is 0 Å². The second-order valence-electron chi connectivity index (χ2n) is 4.12. The number of rotatable bonds is 2. The first kappa shape index (κ1) is 11.3. The highest BCUT2D eigenvalue weighted by molar-refractivity contribution is 5.66. The molecule has 92 valence electrons. The third kappa shape index (κ3) is 1.91. The molecule has 2 aromatic heterocycles. The van der Waals surface area contributed by atoms with Gasteiger partial charge in [-0.3, -0.25) is 0 Å². The molecule has 1 aromatic carbocycles. The fourth-order valence-electron chi connectivity index (χ4n) is 2.00. The predicted molar refractivity (Wildman–Crippen MR) is 71.9 cm³/mol. The van der Waals surface area contributed by atoms with E-state index in [1.807, 2.05) is 41.1 Å². The smallest absolute Gasteiger partial charge is 0.180 e. The second-order valence-corrected chi connectivity index (χ2v) is 4.12. The van der Waals surface area contributed by atoms with Gasteiger partial charge in [-0.15, -0.1) is 0 Å². The van der Waals surface area contributed by atoms with Gasteiger partial charge in [-0.25, -0.2) is 4.98 Å². The van der Waals surface area contributed by atoms with Crippen molar-refractivity contribution in [3.63, 3.8) is 0 Å². The van der Waals surface area contributed by atoms with Crippen molar-refractivity contribution in [1.82, 2.24) is 9.38 Å². The molecule has 19 heavy (non-hydrogen) atoms. The van der Waals surface area contributed by atoms with Crippen LogP contribution in [0, 0.1) is 11.3 Å². The largest absolute Gasteiger partial charge is 0.493 e. The Morgan fingerprint density at radius 3 is 2.68 bits per heavy atom. The molecule has 0 saturated heterocycles. The zero-order valence-electron chi connectivity index (χ0n) is 10.4. The Balaban J connectivity index is 2.12. The SMILES string of the molecule is COc1cccn2cc(-c3ccc(C#N)cc3)nc12. The highest BCUT2D eigenvalue weighted by Crippen LogP contribution is 2.24. The zero-order valence-corrected chi connectivity index (χ0v) is 10.4. The molecule has 0 aliphatic carbocycles. The summed E-state index contributed by atoms with van der Waals surface area (Å²) in [5, 5.41) is 8.80. The Labute approximate surface area is 110 Å². The molecule has 0 atom stereocenters. The second kappa shape index (κ2) is 4.46. The van der Waals surface area contributed by atoms with E-state index < -0.39 is 0 Å². The number of imidazole rings is 1. The molecule has 0 unspecified atom stereocenters. The van der Waals surface area contributed by atoms with Crippen LogP contribution in [0.5, 0.6) is 5.75 Å². The van der Waals surface area contributed by atoms with Crippen LogP contribution in [-0.4, -0.2) is 16.5 Å². The van der Waals surface area contributed by atoms with E-state index in [1.165, 1.54) is 0 Å². The van der Waals surface area contributed by atoms with Crippen molar-refractivity contribution in [3.05, 3.63) is 54.4 Å². The maximum absolute atomic E-state index is 8.80. The first-order chi connectivity index (χ1) is 9.31. The minimum Gasteiger partial charge on any atom is -0.493 e. The highest BCUT2D eigenvalue weighted by atomic mass is 16.5. The monoisotopic (exact) mass is 249 g/mol. The molecule has 3 rings (SSSR count). The van der Waals surface area contributed by atoms with Gasteiger partial charge in [-0.05, 0) is 24.3 Å². The van der Waals surface area contributed by atoms with Crippen LogP contribution in [0.1, 0.15) is 5.56 Å². The van der Waals surface area contributed by atoms with Crippen molar-refractivity contribution in [2.75, 3.05) is 7.11 Å². The molecule has 0 aliphatic rings. The number of methoxy groups -OCH3 is 1. The molecule has 0 aliphatic heterocycles. The standard InChI is InChI=1S/C15H11N3O/c1-19-14-3-2-8-18-10-13(17-15(14)18)12-6-4-11(9-16)5-7-12/h2-8,10H,1H3. The summed E-state index contributed by atoms with van der Waals surface area (Å²) < 4.78 is 7.21. The van der Waals surface area contributed by atoms with E-state index in [0.717, 1.165) is 22.7 Å². The van der Waals surface area contributed by atoms with Crippen molar-refractivity contribution >= 4 is 5.65 Å². The maximum atomic E-state index is 8.80. The summed E-state index contributed by atoms with van der Waals surface area (Å²) in [7, 11) is 1.63. The molecular formula is C15H11N3O. The lowest BCUT2D eigenvalue weighted by atomic mass is 10.1. The van der Waals surface area contributed by atoms with Crippen LogP contribution in [0.15, 0.2) is 48.8 Å². The van der Waals surface area contributed by atoms with Gasteiger partial charge >= 0.3 is 0 Å². The van der Waals surface area contributed by atoms with Gasteiger partial charge in [0.25, 0.3) is 0 Å². The topological polar surface area (TPSA) is 50.3 Å². The normalized spacial score (nSPS) is 10.3. The first-order valence-corrected chi connectivity index (χ1v) is 5.84. The zero-order chi connectivity index (χ0) is 13.2. The minimum atomic E-state index is 0.644. The summed E-state index contributed by atoms with van der Waals surface area (Å²) in [6.45, 7) is 0. The van der Waals surface area contributed by atoms with E-state index in [4.69, 9.17) is 10.00 Å². The molecule has 0 amide bonds. The lowest BCUT2D eigenvalue weighted by Crippen LogP contribution is -1.88. The molecule has 0 radical (unpaired) electrons. The van der Waals surface area contributed by atoms with Gasteiger partial charge in [0.05, 0.1) is 24.4 Å². The Morgan fingerprint density at radius 1 is 1.21 bits per heavy atom. The summed E-state index contributed by atoms with van der Waals surface area (Å²) in [5.74, 6) is 0.738. The van der Waals surface area contributed by atoms with Gasteiger partial charge < -0.3 is 9.14 Å². The van der Waals surface area contributed by atoms with E-state index in [1.54, 1.807) is 19.2 Å². The quantitative estimate of drug-likeness (QED) is 0.701. The fraction of sp³-hybridized carbons (Fsp3) is 0.0667. The van der Waals surface area contributed by atoms with E-state index >= 15 is 0 Å². The van der Waals surface area contributed by atoms with Gasteiger partial charge in [-0.2, -0.15) is 5.26 Å². The number of hydrogen-bond donors (Lipinski definition) is 0. The van der Waals surface area contributed by atoms with E-state index in [0.29, 0.717) is 5.56 Å². The summed E-state index contributed by atoms with van der Waals surface area (Å²) in [6, 6.07) is 13.3. The summed E-state index contributed by atoms with van der Waals surface area (Å²) >= 11 is 0. The lowest BCUT2D eigenvalue weighted by molar-refractivity contribution is 0.417. The molecule has 0 saturated carbocycles. The van der Waals surface area contributed by atoms with Gasteiger partial charge in [-0.1, -0.05) is 12.1 Å². The number of nitriles is 1. The Kier molecular flexibility index (Phi) is 2.66. The predicted octanol–water partition coefficient (Wildman–Crippen LogP) is 2.88. The molecule has 2 heterocycles. The number of aromatic nitrogens is 2. The van der Waals surface area contributed by atoms with E-state index in [9.17, 15) is 0 Å². The summed E-state index contributed by atoms with van der Waals surface area (Å²) in [6.07, 6.45) is 3.87. The van der Waals surface area contributed by atoms with Crippen molar-refractivity contribution < 1.29 is 4.74 Å². The molecule has 0 spiro atoms. The van der Waals surface area contributed by atoms with Crippen LogP contribution >= 0.6 is 0 Å². The number of pyridine rings is 1. The summed E-state index contributed by atoms with van der Waals surface area (Å²) in [4.78, 5) is 4.56. The van der Waals surface area contributed by atoms with Crippen molar-refractivity contribution in [3.8, 4) is 23.1 Å². The Hall–Kier alpha value is -2.80. The number of ether oxygens (including phenoxy) is 1. The van der Waals surface area contributed by atoms with Gasteiger partial charge in [0.15, 0.2) is 11.4 Å². The molecule has 3 aromatic rings. The van der Waals surface area contributed by atoms with Crippen LogP contribution in [0.3, 0.4) is 0 Å². The van der Waals surface area contributed by atoms with E-state index in [-0.39, 0.29) is 0 Å². The molecule has 0 bridgehead atoms. The third-order valence-electron chi connectivity index (χ3n) is 2.98. The van der Waals surface area contributed by atoms with Crippen LogP contribution < -0.4 is 4.74 Å². The van der Waals surface area contributed by atoms with Crippen molar-refractivity contribution in [1.29, 1.82) is 5.26 Å². The first-order valence-electron chi connectivity index (χ1n) is 5.84. The van der Waals surface area contributed by atoms with E-state index in [2.05, 4.69) is 11.1 Å². The molecule has 4 nitrogen and oxygen atoms in total. The van der Waals surface area contributed by atoms with Gasteiger partial charge in [0.1, 0.15) is 0 Å². The van der Waals surface area contributed by atoms with Crippen LogP contribution in [0.25, 0.3) is 16.9 Å². The molecular weight excluding hydrogens is 238 g/mol. The lowest BCUT2D eigenvalue weighted by Gasteiger charge is -1.99. The number of nitrogens with zero attached hydrogens (tertiary/aromatic N) is 3. The number of benzene rings is 1. The highest BCUT2D eigenvalue weighted by Gasteiger charge is 2.08. The van der Waals surface area contributed by atoms with Gasteiger partial charge in [0, 0.05) is 18.0 Å². The van der Waals surface area contributed by atoms with Crippen LogP contribution in [0.4, 0.5) is 0 Å². The molecule has 4 heteroatoms. The molecule has 0 N–H and O–H groups in total.